The molecule has 7 heteroatoms. The first-order valence-corrected chi connectivity index (χ1v) is 11.3. The van der Waals surface area contributed by atoms with Gasteiger partial charge in [-0.2, -0.15) is 0 Å². The van der Waals surface area contributed by atoms with E-state index in [2.05, 4.69) is 41.1 Å². The first-order chi connectivity index (χ1) is 12.8. The van der Waals surface area contributed by atoms with Crippen molar-refractivity contribution in [3.05, 3.63) is 29.8 Å². The number of guanidine groups is 1. The van der Waals surface area contributed by atoms with Crippen molar-refractivity contribution in [2.24, 2.45) is 16.3 Å². The van der Waals surface area contributed by atoms with E-state index in [1.807, 2.05) is 12.1 Å². The highest BCUT2D eigenvalue weighted by Gasteiger charge is 2.37. The fourth-order valence-electron chi connectivity index (χ4n) is 3.67. The van der Waals surface area contributed by atoms with Crippen LogP contribution < -0.4 is 15.4 Å². The fraction of sp³-hybridized carbons (Fsp3) is 0.650. The average Bonchev–Trinajstić information content (AvgIpc) is 2.61. The molecule has 152 valence electrons. The van der Waals surface area contributed by atoms with E-state index in [9.17, 15) is 8.42 Å². The van der Waals surface area contributed by atoms with Gasteiger partial charge in [0, 0.05) is 13.1 Å². The molecule has 1 aliphatic carbocycles. The molecule has 1 aliphatic rings. The zero-order chi connectivity index (χ0) is 19.9. The van der Waals surface area contributed by atoms with Crippen LogP contribution in [0.15, 0.2) is 34.2 Å². The number of nitrogens with one attached hydrogen (secondary N) is 3. The lowest BCUT2D eigenvalue weighted by Crippen LogP contribution is -2.47. The summed E-state index contributed by atoms with van der Waals surface area (Å²) in [7, 11) is -1.98. The summed E-state index contributed by atoms with van der Waals surface area (Å²) in [5.74, 6) is 1.53. The third-order valence-corrected chi connectivity index (χ3v) is 6.58. The van der Waals surface area contributed by atoms with Gasteiger partial charge >= 0.3 is 0 Å². The Balaban J connectivity index is 1.98. The lowest BCUT2D eigenvalue weighted by Gasteiger charge is -2.43. The standard InChI is InChI=1S/C20H34N4O2S/c1-5-22-19(24-15-20(11-6-12-20)13-16(2)3)23-14-17-7-9-18(10-8-17)27(25,26)21-4/h7-10,16,21H,5-6,11-15H2,1-4H3,(H2,22,23,24). The lowest BCUT2D eigenvalue weighted by atomic mass is 9.64. The molecule has 0 radical (unpaired) electrons. The number of nitrogens with zero attached hydrogens (tertiary/aromatic N) is 1. The van der Waals surface area contributed by atoms with Gasteiger partial charge in [0.15, 0.2) is 5.96 Å². The average molecular weight is 395 g/mol. The van der Waals surface area contributed by atoms with Crippen molar-refractivity contribution in [2.75, 3.05) is 20.1 Å². The van der Waals surface area contributed by atoms with E-state index in [4.69, 9.17) is 0 Å². The number of hydrogen-bond donors (Lipinski definition) is 3. The number of aliphatic imine (C=N–C) groups is 1. The van der Waals surface area contributed by atoms with Gasteiger partial charge in [-0.15, -0.1) is 0 Å². The zero-order valence-electron chi connectivity index (χ0n) is 17.0. The lowest BCUT2D eigenvalue weighted by molar-refractivity contribution is 0.104. The van der Waals surface area contributed by atoms with Gasteiger partial charge < -0.3 is 10.6 Å². The molecule has 3 N–H and O–H groups in total. The third kappa shape index (κ3) is 6.21. The molecule has 0 spiro atoms. The molecular weight excluding hydrogens is 360 g/mol. The van der Waals surface area contributed by atoms with E-state index < -0.39 is 10.0 Å². The normalized spacial score (nSPS) is 16.9. The maximum Gasteiger partial charge on any atom is 0.240 e. The van der Waals surface area contributed by atoms with Crippen molar-refractivity contribution in [3.8, 4) is 0 Å². The van der Waals surface area contributed by atoms with Crippen molar-refractivity contribution < 1.29 is 8.42 Å². The first-order valence-electron chi connectivity index (χ1n) is 9.85. The Bertz CT molecular complexity index is 723. The van der Waals surface area contributed by atoms with Crippen LogP contribution in [0.4, 0.5) is 0 Å². The number of benzene rings is 1. The van der Waals surface area contributed by atoms with Crippen molar-refractivity contribution in [1.82, 2.24) is 15.4 Å². The highest BCUT2D eigenvalue weighted by atomic mass is 32.2. The zero-order valence-corrected chi connectivity index (χ0v) is 17.8. The minimum Gasteiger partial charge on any atom is -0.357 e. The molecule has 1 fully saturated rings. The molecule has 0 amide bonds. The Morgan fingerprint density at radius 2 is 1.85 bits per heavy atom. The van der Waals surface area contributed by atoms with Gasteiger partial charge in [-0.3, -0.25) is 0 Å². The Labute approximate surface area is 164 Å². The van der Waals surface area contributed by atoms with Crippen LogP contribution in [0.25, 0.3) is 0 Å². The topological polar surface area (TPSA) is 82.6 Å². The van der Waals surface area contributed by atoms with Crippen LogP contribution in [0, 0.1) is 11.3 Å². The number of hydrogen-bond acceptors (Lipinski definition) is 3. The van der Waals surface area contributed by atoms with Crippen molar-refractivity contribution in [3.63, 3.8) is 0 Å². The summed E-state index contributed by atoms with van der Waals surface area (Å²) in [6.07, 6.45) is 5.16. The Morgan fingerprint density at radius 1 is 1.19 bits per heavy atom. The van der Waals surface area contributed by atoms with Gasteiger partial charge in [-0.25, -0.2) is 18.1 Å². The van der Waals surface area contributed by atoms with Crippen molar-refractivity contribution >= 4 is 16.0 Å². The van der Waals surface area contributed by atoms with Crippen LogP contribution in [0.1, 0.15) is 52.0 Å². The van der Waals surface area contributed by atoms with E-state index in [1.54, 1.807) is 12.1 Å². The quantitative estimate of drug-likeness (QED) is 0.444. The van der Waals surface area contributed by atoms with Crippen LogP contribution in [-0.2, 0) is 16.6 Å². The predicted octanol–water partition coefficient (Wildman–Crippen LogP) is 2.87. The van der Waals surface area contributed by atoms with Gasteiger partial charge in [-0.05, 0) is 62.3 Å². The Kier molecular flexibility index (Phi) is 7.68. The second-order valence-electron chi connectivity index (χ2n) is 7.85. The highest BCUT2D eigenvalue weighted by molar-refractivity contribution is 7.89. The molecule has 0 aliphatic heterocycles. The summed E-state index contributed by atoms with van der Waals surface area (Å²) >= 11 is 0. The van der Waals surface area contributed by atoms with Gasteiger partial charge in [0.2, 0.25) is 10.0 Å². The SMILES string of the molecule is CCNC(=NCc1ccc(S(=O)(=O)NC)cc1)NCC1(CC(C)C)CCC1. The summed E-state index contributed by atoms with van der Waals surface area (Å²) in [6.45, 7) is 8.90. The summed E-state index contributed by atoms with van der Waals surface area (Å²) in [5.41, 5.74) is 1.39. The second kappa shape index (κ2) is 9.55. The minimum absolute atomic E-state index is 0.267. The smallest absolute Gasteiger partial charge is 0.240 e. The largest absolute Gasteiger partial charge is 0.357 e. The minimum atomic E-state index is -3.40. The predicted molar refractivity (Wildman–Crippen MR) is 111 cm³/mol. The molecule has 2 rings (SSSR count). The molecule has 0 heterocycles. The molecule has 0 saturated heterocycles. The molecule has 0 aromatic heterocycles. The maximum atomic E-state index is 11.8. The molecule has 6 nitrogen and oxygen atoms in total. The van der Waals surface area contributed by atoms with Gasteiger partial charge in [-0.1, -0.05) is 32.4 Å². The summed E-state index contributed by atoms with van der Waals surface area (Å²) in [6, 6.07) is 6.85. The molecule has 27 heavy (non-hydrogen) atoms. The van der Waals surface area contributed by atoms with E-state index in [1.165, 1.54) is 32.7 Å². The molecule has 0 atom stereocenters. The van der Waals surface area contributed by atoms with E-state index in [0.29, 0.717) is 17.9 Å². The Morgan fingerprint density at radius 3 is 2.33 bits per heavy atom. The maximum absolute atomic E-state index is 11.8. The molecule has 1 saturated carbocycles. The van der Waals surface area contributed by atoms with E-state index in [0.717, 1.165) is 24.6 Å². The van der Waals surface area contributed by atoms with Gasteiger partial charge in [0.25, 0.3) is 0 Å². The highest BCUT2D eigenvalue weighted by Crippen LogP contribution is 2.45. The van der Waals surface area contributed by atoms with E-state index >= 15 is 0 Å². The molecule has 1 aromatic carbocycles. The third-order valence-electron chi connectivity index (χ3n) is 5.15. The molecule has 0 unspecified atom stereocenters. The van der Waals surface area contributed by atoms with Crippen molar-refractivity contribution in [1.29, 1.82) is 0 Å². The monoisotopic (exact) mass is 394 g/mol. The van der Waals surface area contributed by atoms with Gasteiger partial charge in [0.05, 0.1) is 11.4 Å². The second-order valence-corrected chi connectivity index (χ2v) is 9.74. The number of sulfonamides is 1. The van der Waals surface area contributed by atoms with Crippen molar-refractivity contribution in [2.45, 2.75) is 57.9 Å². The van der Waals surface area contributed by atoms with Gasteiger partial charge in [0.1, 0.15) is 0 Å². The van der Waals surface area contributed by atoms with Crippen LogP contribution in [0.5, 0.6) is 0 Å². The first kappa shape index (κ1) is 21.7. The molecule has 0 bridgehead atoms. The van der Waals surface area contributed by atoms with Crippen LogP contribution >= 0.6 is 0 Å². The van der Waals surface area contributed by atoms with Crippen LogP contribution in [0.3, 0.4) is 0 Å². The van der Waals surface area contributed by atoms with Crippen LogP contribution in [-0.4, -0.2) is 34.5 Å². The summed E-state index contributed by atoms with van der Waals surface area (Å²) < 4.78 is 25.9. The molecular formula is C20H34N4O2S. The summed E-state index contributed by atoms with van der Waals surface area (Å²) in [4.78, 5) is 4.93. The molecule has 1 aromatic rings. The number of rotatable bonds is 9. The fourth-order valence-corrected chi connectivity index (χ4v) is 4.40. The van der Waals surface area contributed by atoms with E-state index in [-0.39, 0.29) is 4.90 Å². The Hall–Kier alpha value is -1.60. The summed E-state index contributed by atoms with van der Waals surface area (Å²) in [5, 5.41) is 6.82. The van der Waals surface area contributed by atoms with Crippen LogP contribution in [0.2, 0.25) is 0 Å².